The Balaban J connectivity index is 1.66. The first-order valence-electron chi connectivity index (χ1n) is 7.03. The van der Waals surface area contributed by atoms with Crippen LogP contribution in [-0.4, -0.2) is 21.9 Å². The van der Waals surface area contributed by atoms with Crippen molar-refractivity contribution in [3.05, 3.63) is 54.1 Å². The number of thiazole rings is 1. The molecule has 0 spiro atoms. The van der Waals surface area contributed by atoms with Gasteiger partial charge in [-0.05, 0) is 43.3 Å². The Hall–Kier alpha value is -3.13. The van der Waals surface area contributed by atoms with Gasteiger partial charge in [0.15, 0.2) is 5.84 Å². The van der Waals surface area contributed by atoms with Crippen molar-refractivity contribution in [3.63, 3.8) is 0 Å². The molecule has 0 radical (unpaired) electrons. The molecule has 0 fully saturated rings. The Kier molecular flexibility index (Phi) is 4.57. The standard InChI is InChI=1S/C16H13N5O2S/c1-10(18-20-12-8-6-11(7-9-12)15(22)23)19-21-16-17-13-4-2-3-5-14(13)24-16/h2-9,20H,1H3,(H,22,23)/b18-10-,21-19?. The molecule has 120 valence electrons. The van der Waals surface area contributed by atoms with Gasteiger partial charge >= 0.3 is 5.97 Å². The lowest BCUT2D eigenvalue weighted by Crippen LogP contribution is -1.97. The number of carboxylic acid groups (broad SMARTS) is 1. The van der Waals surface area contributed by atoms with Crippen molar-refractivity contribution in [3.8, 4) is 0 Å². The van der Waals surface area contributed by atoms with E-state index >= 15 is 0 Å². The van der Waals surface area contributed by atoms with Crippen LogP contribution in [0, 0.1) is 0 Å². The van der Waals surface area contributed by atoms with Crippen LogP contribution in [0.3, 0.4) is 0 Å². The molecule has 0 amide bonds. The van der Waals surface area contributed by atoms with E-state index in [4.69, 9.17) is 5.11 Å². The van der Waals surface area contributed by atoms with E-state index in [2.05, 4.69) is 25.7 Å². The van der Waals surface area contributed by atoms with Crippen molar-refractivity contribution in [1.29, 1.82) is 0 Å². The monoisotopic (exact) mass is 339 g/mol. The van der Waals surface area contributed by atoms with Gasteiger partial charge < -0.3 is 5.11 Å². The maximum absolute atomic E-state index is 10.8. The van der Waals surface area contributed by atoms with Crippen LogP contribution >= 0.6 is 11.3 Å². The van der Waals surface area contributed by atoms with Gasteiger partial charge in [-0.15, -0.1) is 10.2 Å². The van der Waals surface area contributed by atoms with Gasteiger partial charge in [-0.1, -0.05) is 23.5 Å². The van der Waals surface area contributed by atoms with E-state index in [1.54, 1.807) is 19.1 Å². The van der Waals surface area contributed by atoms with Crippen molar-refractivity contribution in [1.82, 2.24) is 4.98 Å². The summed E-state index contributed by atoms with van der Waals surface area (Å²) in [6, 6.07) is 14.0. The van der Waals surface area contributed by atoms with Crippen LogP contribution in [0.1, 0.15) is 17.3 Å². The topological polar surface area (TPSA) is 99.3 Å². The first kappa shape index (κ1) is 15.8. The van der Waals surface area contributed by atoms with E-state index in [9.17, 15) is 4.79 Å². The molecule has 1 heterocycles. The molecule has 7 nitrogen and oxygen atoms in total. The molecule has 0 aliphatic carbocycles. The van der Waals surface area contributed by atoms with E-state index in [0.29, 0.717) is 16.7 Å². The highest BCUT2D eigenvalue weighted by Crippen LogP contribution is 2.27. The SMILES string of the molecule is C/C(N=Nc1nc2ccccc2s1)=N/Nc1ccc(C(=O)O)cc1. The van der Waals surface area contributed by atoms with Crippen LogP contribution in [0.25, 0.3) is 10.2 Å². The summed E-state index contributed by atoms with van der Waals surface area (Å²) < 4.78 is 1.05. The summed E-state index contributed by atoms with van der Waals surface area (Å²) in [6.45, 7) is 1.70. The number of hydrogen-bond acceptors (Lipinski definition) is 6. The second-order valence-electron chi connectivity index (χ2n) is 4.82. The summed E-state index contributed by atoms with van der Waals surface area (Å²) in [4.78, 5) is 15.1. The first-order chi connectivity index (χ1) is 11.6. The minimum atomic E-state index is -0.967. The number of rotatable bonds is 4. The van der Waals surface area contributed by atoms with Crippen molar-refractivity contribution in [2.45, 2.75) is 6.92 Å². The molecule has 0 aliphatic rings. The Labute approximate surface area is 141 Å². The van der Waals surface area contributed by atoms with E-state index in [-0.39, 0.29) is 5.56 Å². The molecule has 3 aromatic rings. The van der Waals surface area contributed by atoms with Crippen LogP contribution in [0.5, 0.6) is 0 Å². The number of nitrogens with zero attached hydrogens (tertiary/aromatic N) is 4. The number of fused-ring (bicyclic) bond motifs is 1. The minimum Gasteiger partial charge on any atom is -0.478 e. The molecular formula is C16H13N5O2S. The van der Waals surface area contributed by atoms with Gasteiger partial charge in [-0.25, -0.2) is 9.78 Å². The fourth-order valence-electron chi connectivity index (χ4n) is 1.87. The van der Waals surface area contributed by atoms with E-state index in [1.807, 2.05) is 24.3 Å². The summed E-state index contributed by atoms with van der Waals surface area (Å²) in [5, 5.41) is 21.6. The van der Waals surface area contributed by atoms with Crippen LogP contribution in [-0.2, 0) is 0 Å². The van der Waals surface area contributed by atoms with Gasteiger partial charge in [0.2, 0.25) is 5.13 Å². The Morgan fingerprint density at radius 1 is 1.17 bits per heavy atom. The van der Waals surface area contributed by atoms with Gasteiger partial charge in [-0.3, -0.25) is 5.43 Å². The van der Waals surface area contributed by atoms with Gasteiger partial charge in [0, 0.05) is 0 Å². The number of carboxylic acids is 1. The number of para-hydroxylation sites is 1. The molecule has 1 aromatic heterocycles. The van der Waals surface area contributed by atoms with E-state index in [0.717, 1.165) is 10.2 Å². The summed E-state index contributed by atoms with van der Waals surface area (Å²) in [5.41, 5.74) is 4.57. The third-order valence-corrected chi connectivity index (χ3v) is 3.96. The maximum atomic E-state index is 10.8. The molecule has 0 saturated carbocycles. The van der Waals surface area contributed by atoms with Crippen molar-refractivity contribution in [2.24, 2.45) is 15.3 Å². The predicted octanol–water partition coefficient (Wildman–Crippen LogP) is 4.52. The first-order valence-corrected chi connectivity index (χ1v) is 7.84. The molecular weight excluding hydrogens is 326 g/mol. The minimum absolute atomic E-state index is 0.219. The quantitative estimate of drug-likeness (QED) is 0.316. The average Bonchev–Trinajstić information content (AvgIpc) is 3.01. The second-order valence-corrected chi connectivity index (χ2v) is 5.83. The summed E-state index contributed by atoms with van der Waals surface area (Å²) in [7, 11) is 0. The van der Waals surface area contributed by atoms with Crippen molar-refractivity contribution >= 4 is 44.2 Å². The lowest BCUT2D eigenvalue weighted by Gasteiger charge is -2.00. The summed E-state index contributed by atoms with van der Waals surface area (Å²) in [5.74, 6) is -0.539. The average molecular weight is 339 g/mol. The van der Waals surface area contributed by atoms with E-state index < -0.39 is 5.97 Å². The number of hydrazone groups is 1. The summed E-state index contributed by atoms with van der Waals surface area (Å²) in [6.07, 6.45) is 0. The van der Waals surface area contributed by atoms with Crippen LogP contribution in [0.15, 0.2) is 63.9 Å². The molecule has 0 unspecified atom stereocenters. The fourth-order valence-corrected chi connectivity index (χ4v) is 2.66. The van der Waals surface area contributed by atoms with Gasteiger partial charge in [0.1, 0.15) is 0 Å². The van der Waals surface area contributed by atoms with Gasteiger partial charge in [0.25, 0.3) is 0 Å². The van der Waals surface area contributed by atoms with Gasteiger partial charge in [0.05, 0.1) is 21.5 Å². The number of azo groups is 1. The molecule has 0 aliphatic heterocycles. The highest BCUT2D eigenvalue weighted by molar-refractivity contribution is 7.21. The van der Waals surface area contributed by atoms with E-state index in [1.165, 1.54) is 23.5 Å². The Bertz CT molecular complexity index is 898. The van der Waals surface area contributed by atoms with Crippen molar-refractivity contribution in [2.75, 3.05) is 5.43 Å². The molecule has 0 bridgehead atoms. The third kappa shape index (κ3) is 3.79. The second kappa shape index (κ2) is 6.97. The highest BCUT2D eigenvalue weighted by Gasteiger charge is 2.02. The Morgan fingerprint density at radius 3 is 2.62 bits per heavy atom. The Morgan fingerprint density at radius 2 is 1.92 bits per heavy atom. The molecule has 8 heteroatoms. The normalized spacial score (nSPS) is 12.0. The third-order valence-electron chi connectivity index (χ3n) is 3.04. The highest BCUT2D eigenvalue weighted by atomic mass is 32.1. The molecule has 0 saturated heterocycles. The zero-order valence-electron chi connectivity index (χ0n) is 12.7. The molecule has 3 rings (SSSR count). The number of carbonyl (C=O) groups is 1. The van der Waals surface area contributed by atoms with Gasteiger partial charge in [-0.2, -0.15) is 5.10 Å². The molecule has 2 N–H and O–H groups in total. The number of nitrogens with one attached hydrogen (secondary N) is 1. The van der Waals surface area contributed by atoms with Crippen LogP contribution < -0.4 is 5.43 Å². The largest absolute Gasteiger partial charge is 0.478 e. The molecule has 2 aromatic carbocycles. The predicted molar refractivity (Wildman–Crippen MR) is 94.3 cm³/mol. The lowest BCUT2D eigenvalue weighted by molar-refractivity contribution is 0.0697. The zero-order valence-corrected chi connectivity index (χ0v) is 13.5. The summed E-state index contributed by atoms with van der Waals surface area (Å²) >= 11 is 1.46. The number of anilines is 1. The smallest absolute Gasteiger partial charge is 0.335 e. The molecule has 0 atom stereocenters. The number of aromatic nitrogens is 1. The number of benzene rings is 2. The van der Waals surface area contributed by atoms with Crippen molar-refractivity contribution < 1.29 is 9.90 Å². The van der Waals surface area contributed by atoms with Crippen LogP contribution in [0.4, 0.5) is 10.8 Å². The maximum Gasteiger partial charge on any atom is 0.335 e. The fraction of sp³-hybridized carbons (Fsp3) is 0.0625. The number of aromatic carboxylic acids is 1. The molecule has 24 heavy (non-hydrogen) atoms. The number of amidine groups is 1. The number of hydrogen-bond donors (Lipinski definition) is 2. The van der Waals surface area contributed by atoms with Crippen LogP contribution in [0.2, 0.25) is 0 Å². The zero-order chi connectivity index (χ0) is 16.9. The lowest BCUT2D eigenvalue weighted by atomic mass is 10.2.